The van der Waals surface area contributed by atoms with Crippen LogP contribution in [0.25, 0.3) is 0 Å². The maximum Gasteiger partial charge on any atom is 0.329 e. The minimum absolute atomic E-state index is 0.142. The van der Waals surface area contributed by atoms with E-state index in [0.717, 1.165) is 5.56 Å². The Kier molecular flexibility index (Phi) is 4.04. The van der Waals surface area contributed by atoms with E-state index >= 15 is 0 Å². The number of rotatable bonds is 3. The zero-order chi connectivity index (χ0) is 14.8. The van der Waals surface area contributed by atoms with E-state index in [1.54, 1.807) is 13.0 Å². The smallest absolute Gasteiger partial charge is 0.329 e. The molecule has 0 bridgehead atoms. The highest BCUT2D eigenvalue weighted by Crippen LogP contribution is 2.22. The highest BCUT2D eigenvalue weighted by atomic mass is 19.1. The summed E-state index contributed by atoms with van der Waals surface area (Å²) in [4.78, 5) is 23.6. The summed E-state index contributed by atoms with van der Waals surface area (Å²) >= 11 is 0. The lowest BCUT2D eigenvalue weighted by atomic mass is 9.89. The lowest BCUT2D eigenvalue weighted by molar-refractivity contribution is -0.148. The molecule has 1 aromatic rings. The van der Waals surface area contributed by atoms with E-state index < -0.39 is 23.2 Å². The van der Waals surface area contributed by atoms with Gasteiger partial charge in [-0.3, -0.25) is 4.79 Å². The molecule has 0 aliphatic carbocycles. The largest absolute Gasteiger partial charge is 0.480 e. The van der Waals surface area contributed by atoms with Crippen LogP contribution in [0, 0.1) is 12.7 Å². The van der Waals surface area contributed by atoms with E-state index in [-0.39, 0.29) is 31.6 Å². The topological polar surface area (TPSA) is 75.6 Å². The molecule has 1 aliphatic heterocycles. The van der Waals surface area contributed by atoms with Crippen molar-refractivity contribution in [2.75, 3.05) is 13.2 Å². The second-order valence-corrected chi connectivity index (χ2v) is 4.94. The predicted octanol–water partition coefficient (Wildman–Crippen LogP) is 1.50. The number of hydrogen-bond acceptors (Lipinski definition) is 3. The van der Waals surface area contributed by atoms with E-state index in [2.05, 4.69) is 5.32 Å². The summed E-state index contributed by atoms with van der Waals surface area (Å²) in [5.41, 5.74) is -0.795. The van der Waals surface area contributed by atoms with Crippen molar-refractivity contribution < 1.29 is 23.8 Å². The van der Waals surface area contributed by atoms with Crippen molar-refractivity contribution >= 4 is 11.9 Å². The second-order valence-electron chi connectivity index (χ2n) is 4.94. The molecule has 1 amide bonds. The summed E-state index contributed by atoms with van der Waals surface area (Å²) in [7, 11) is 0. The van der Waals surface area contributed by atoms with Crippen LogP contribution in [0.2, 0.25) is 0 Å². The third kappa shape index (κ3) is 2.80. The third-order valence-electron chi connectivity index (χ3n) is 3.48. The Labute approximate surface area is 115 Å². The van der Waals surface area contributed by atoms with Crippen molar-refractivity contribution in [2.45, 2.75) is 25.3 Å². The first-order valence-electron chi connectivity index (χ1n) is 6.34. The Bertz CT molecular complexity index is 538. The molecule has 108 valence electrons. The Balaban J connectivity index is 2.24. The number of nitrogens with one attached hydrogen (secondary N) is 1. The first-order valence-corrected chi connectivity index (χ1v) is 6.34. The quantitative estimate of drug-likeness (QED) is 0.880. The fraction of sp³-hybridized carbons (Fsp3) is 0.429. The van der Waals surface area contributed by atoms with Crippen LogP contribution in [-0.4, -0.2) is 35.7 Å². The highest BCUT2D eigenvalue weighted by Gasteiger charge is 2.42. The van der Waals surface area contributed by atoms with Gasteiger partial charge in [0.05, 0.1) is 5.56 Å². The van der Waals surface area contributed by atoms with Crippen molar-refractivity contribution in [1.82, 2.24) is 5.32 Å². The van der Waals surface area contributed by atoms with E-state index in [0.29, 0.717) is 0 Å². The van der Waals surface area contributed by atoms with Crippen molar-refractivity contribution in [1.29, 1.82) is 0 Å². The first kappa shape index (κ1) is 14.5. The van der Waals surface area contributed by atoms with Gasteiger partial charge in [-0.15, -0.1) is 0 Å². The van der Waals surface area contributed by atoms with Crippen LogP contribution in [0.4, 0.5) is 4.39 Å². The average Bonchev–Trinajstić information content (AvgIpc) is 2.42. The van der Waals surface area contributed by atoms with Crippen molar-refractivity contribution in [3.05, 3.63) is 35.1 Å². The van der Waals surface area contributed by atoms with Crippen molar-refractivity contribution in [3.8, 4) is 0 Å². The molecular formula is C14H16FNO4. The number of amides is 1. The van der Waals surface area contributed by atoms with Crippen LogP contribution >= 0.6 is 0 Å². The number of ether oxygens (including phenoxy) is 1. The number of carboxylic acid groups (broad SMARTS) is 1. The Morgan fingerprint density at radius 1 is 1.35 bits per heavy atom. The van der Waals surface area contributed by atoms with E-state index in [1.807, 2.05) is 0 Å². The number of aryl methyl sites for hydroxylation is 1. The maximum absolute atomic E-state index is 13.7. The molecule has 2 N–H and O–H groups in total. The Morgan fingerprint density at radius 3 is 2.60 bits per heavy atom. The minimum atomic E-state index is -1.38. The minimum Gasteiger partial charge on any atom is -0.480 e. The number of halogens is 1. The van der Waals surface area contributed by atoms with Crippen LogP contribution in [0.15, 0.2) is 18.2 Å². The molecule has 1 saturated heterocycles. The third-order valence-corrected chi connectivity index (χ3v) is 3.48. The lowest BCUT2D eigenvalue weighted by Gasteiger charge is -2.33. The lowest BCUT2D eigenvalue weighted by Crippen LogP contribution is -2.57. The molecule has 0 aromatic heterocycles. The molecular weight excluding hydrogens is 265 g/mol. The summed E-state index contributed by atoms with van der Waals surface area (Å²) in [6, 6.07) is 4.15. The fourth-order valence-electron chi connectivity index (χ4n) is 2.21. The van der Waals surface area contributed by atoms with Gasteiger partial charge < -0.3 is 15.2 Å². The average molecular weight is 281 g/mol. The van der Waals surface area contributed by atoms with Crippen LogP contribution < -0.4 is 5.32 Å². The molecule has 0 saturated carbocycles. The van der Waals surface area contributed by atoms with Gasteiger partial charge in [0.1, 0.15) is 11.4 Å². The Hall–Kier alpha value is -1.95. The zero-order valence-electron chi connectivity index (χ0n) is 11.1. The monoisotopic (exact) mass is 281 g/mol. The summed E-state index contributed by atoms with van der Waals surface area (Å²) in [5.74, 6) is -2.50. The van der Waals surface area contributed by atoms with Gasteiger partial charge in [-0.1, -0.05) is 11.6 Å². The van der Waals surface area contributed by atoms with E-state index in [1.165, 1.54) is 12.1 Å². The molecule has 0 unspecified atom stereocenters. The first-order chi connectivity index (χ1) is 9.44. The number of carbonyl (C=O) groups is 2. The molecule has 6 heteroatoms. The maximum atomic E-state index is 13.7. The molecule has 0 radical (unpaired) electrons. The zero-order valence-corrected chi connectivity index (χ0v) is 11.1. The molecule has 0 atom stereocenters. The number of carboxylic acids is 1. The van der Waals surface area contributed by atoms with Gasteiger partial charge in [-0.25, -0.2) is 9.18 Å². The number of hydrogen-bond donors (Lipinski definition) is 2. The van der Waals surface area contributed by atoms with Gasteiger partial charge in [0.15, 0.2) is 0 Å². The van der Waals surface area contributed by atoms with Crippen LogP contribution in [0.3, 0.4) is 0 Å². The van der Waals surface area contributed by atoms with Gasteiger partial charge in [0, 0.05) is 26.1 Å². The number of aliphatic carboxylic acids is 1. The van der Waals surface area contributed by atoms with Crippen molar-refractivity contribution in [3.63, 3.8) is 0 Å². The normalized spacial score (nSPS) is 17.5. The summed E-state index contributed by atoms with van der Waals surface area (Å²) in [6.45, 7) is 2.24. The molecule has 0 spiro atoms. The van der Waals surface area contributed by atoms with Gasteiger partial charge in [0.25, 0.3) is 5.91 Å². The number of benzene rings is 1. The predicted molar refractivity (Wildman–Crippen MR) is 69.0 cm³/mol. The molecule has 1 aliphatic rings. The SMILES string of the molecule is Cc1ccc(F)c(C(=O)NC2(C(=O)O)CCOCC2)c1. The van der Waals surface area contributed by atoms with Gasteiger partial charge in [-0.05, 0) is 19.1 Å². The molecule has 20 heavy (non-hydrogen) atoms. The highest BCUT2D eigenvalue weighted by molar-refractivity contribution is 5.98. The van der Waals surface area contributed by atoms with Crippen LogP contribution in [0.5, 0.6) is 0 Å². The molecule has 5 nitrogen and oxygen atoms in total. The van der Waals surface area contributed by atoms with E-state index in [9.17, 15) is 19.1 Å². The van der Waals surface area contributed by atoms with Gasteiger partial charge >= 0.3 is 5.97 Å². The van der Waals surface area contributed by atoms with Crippen molar-refractivity contribution in [2.24, 2.45) is 0 Å². The number of carbonyl (C=O) groups excluding carboxylic acids is 1. The fourth-order valence-corrected chi connectivity index (χ4v) is 2.21. The van der Waals surface area contributed by atoms with Gasteiger partial charge in [0.2, 0.25) is 0 Å². The molecule has 1 fully saturated rings. The summed E-state index contributed by atoms with van der Waals surface area (Å²) in [5, 5.41) is 11.8. The van der Waals surface area contributed by atoms with Crippen LogP contribution in [0.1, 0.15) is 28.8 Å². The van der Waals surface area contributed by atoms with E-state index in [4.69, 9.17) is 4.74 Å². The standard InChI is InChI=1S/C14H16FNO4/c1-9-2-3-11(15)10(8-9)12(17)16-14(13(18)19)4-6-20-7-5-14/h2-3,8H,4-7H2,1H3,(H,16,17)(H,18,19). The molecule has 1 heterocycles. The summed E-state index contributed by atoms with van der Waals surface area (Å²) in [6.07, 6.45) is 0.336. The van der Waals surface area contributed by atoms with Crippen LogP contribution in [-0.2, 0) is 9.53 Å². The Morgan fingerprint density at radius 2 is 2.00 bits per heavy atom. The van der Waals surface area contributed by atoms with Gasteiger partial charge in [-0.2, -0.15) is 0 Å². The summed E-state index contributed by atoms with van der Waals surface area (Å²) < 4.78 is 18.8. The molecule has 1 aromatic carbocycles. The molecule has 2 rings (SSSR count). The second kappa shape index (κ2) is 5.58.